The number of carbonyl (C=O) groups is 1. The van der Waals surface area contributed by atoms with E-state index in [1.54, 1.807) is 14.0 Å². The molecule has 0 saturated heterocycles. The number of methoxy groups -OCH3 is 1. The molecule has 0 spiro atoms. The number of hydrogen-bond donors (Lipinski definition) is 1. The Bertz CT molecular complexity index is 1510. The molecule has 0 saturated carbocycles. The molecule has 0 bridgehead atoms. The van der Waals surface area contributed by atoms with Crippen LogP contribution in [0.1, 0.15) is 54.9 Å². The lowest BCUT2D eigenvalue weighted by Gasteiger charge is -2.34. The van der Waals surface area contributed by atoms with E-state index in [4.69, 9.17) is 9.47 Å². The van der Waals surface area contributed by atoms with Crippen LogP contribution in [0.5, 0.6) is 5.75 Å². The van der Waals surface area contributed by atoms with E-state index in [1.807, 2.05) is 50.2 Å². The molecule has 0 amide bonds. The first kappa shape index (κ1) is 28.0. The van der Waals surface area contributed by atoms with E-state index in [9.17, 15) is 9.59 Å². The van der Waals surface area contributed by atoms with Crippen LogP contribution >= 0.6 is 0 Å². The Morgan fingerprint density at radius 3 is 2.51 bits per heavy atom. The van der Waals surface area contributed by atoms with Crippen molar-refractivity contribution < 1.29 is 14.3 Å². The maximum atomic E-state index is 13.4. The average molecular weight is 533 g/mol. The average Bonchev–Trinajstić information content (AvgIpc) is 3.34. The van der Waals surface area contributed by atoms with Gasteiger partial charge in [0.05, 0.1) is 25.3 Å². The molecule has 0 aliphatic rings. The zero-order valence-corrected chi connectivity index (χ0v) is 23.4. The van der Waals surface area contributed by atoms with E-state index in [-0.39, 0.29) is 30.7 Å². The lowest BCUT2D eigenvalue weighted by Crippen LogP contribution is -2.36. The number of aryl methyl sites for hydroxylation is 2. The number of carbonyl (C=O) groups excluding carboxylic acids is 1. The second kappa shape index (κ2) is 12.2. The summed E-state index contributed by atoms with van der Waals surface area (Å²) in [7, 11) is 1.64. The molecule has 2 heterocycles. The van der Waals surface area contributed by atoms with Crippen molar-refractivity contribution in [2.45, 2.75) is 60.3 Å². The van der Waals surface area contributed by atoms with Gasteiger partial charge in [-0.3, -0.25) is 14.5 Å². The lowest BCUT2D eigenvalue weighted by molar-refractivity contribution is -0.144. The number of benzene rings is 2. The molecule has 1 N–H and O–H groups in total. The number of pyridine rings is 1. The van der Waals surface area contributed by atoms with Crippen LogP contribution in [-0.4, -0.2) is 49.8 Å². The second-order valence-electron chi connectivity index (χ2n) is 10.0. The van der Waals surface area contributed by atoms with Crippen LogP contribution in [0.3, 0.4) is 0 Å². The molecule has 0 fully saturated rings. The molecule has 4 aromatic rings. The number of fused-ring (bicyclic) bond motifs is 1. The van der Waals surface area contributed by atoms with Crippen molar-refractivity contribution in [1.82, 2.24) is 30.1 Å². The van der Waals surface area contributed by atoms with Crippen molar-refractivity contribution in [3.8, 4) is 5.75 Å². The number of nitrogens with one attached hydrogen (secondary N) is 1. The highest BCUT2D eigenvalue weighted by Crippen LogP contribution is 2.32. The molecule has 39 heavy (non-hydrogen) atoms. The Hall–Kier alpha value is -4.05. The monoisotopic (exact) mass is 532 g/mol. The number of tetrazole rings is 1. The fourth-order valence-corrected chi connectivity index (χ4v) is 5.01. The predicted molar refractivity (Wildman–Crippen MR) is 148 cm³/mol. The Morgan fingerprint density at radius 2 is 1.79 bits per heavy atom. The van der Waals surface area contributed by atoms with Gasteiger partial charge in [-0.15, -0.1) is 5.10 Å². The van der Waals surface area contributed by atoms with Crippen LogP contribution in [0.2, 0.25) is 0 Å². The SMILES string of the molecule is CCOC(=O)Cn1nnnc1C(C(C)C)N(Cc1ccccc1OC)Cc1cc2c(C)ccc(C)c2[nH]c1=O. The van der Waals surface area contributed by atoms with Gasteiger partial charge in [0.25, 0.3) is 5.56 Å². The summed E-state index contributed by atoms with van der Waals surface area (Å²) in [4.78, 5) is 30.9. The largest absolute Gasteiger partial charge is 0.496 e. The summed E-state index contributed by atoms with van der Waals surface area (Å²) in [5, 5.41) is 13.3. The molecular formula is C29H36N6O4. The number of rotatable bonds is 11. The van der Waals surface area contributed by atoms with Gasteiger partial charge in [0, 0.05) is 29.6 Å². The fraction of sp³-hybridized carbons (Fsp3) is 0.414. The van der Waals surface area contributed by atoms with Gasteiger partial charge in [0.2, 0.25) is 0 Å². The highest BCUT2D eigenvalue weighted by atomic mass is 16.5. The Kier molecular flexibility index (Phi) is 8.75. The van der Waals surface area contributed by atoms with Crippen molar-refractivity contribution in [3.63, 3.8) is 0 Å². The van der Waals surface area contributed by atoms with Crippen LogP contribution in [0.15, 0.2) is 47.3 Å². The topological polar surface area (TPSA) is 115 Å². The molecule has 1 unspecified atom stereocenters. The van der Waals surface area contributed by atoms with E-state index in [2.05, 4.69) is 45.3 Å². The van der Waals surface area contributed by atoms with Crippen molar-refractivity contribution in [3.05, 3.63) is 80.9 Å². The molecule has 1 atom stereocenters. The summed E-state index contributed by atoms with van der Waals surface area (Å²) in [5.41, 5.74) is 4.39. The Morgan fingerprint density at radius 1 is 1.08 bits per heavy atom. The number of aromatic nitrogens is 5. The summed E-state index contributed by atoms with van der Waals surface area (Å²) in [6, 6.07) is 13.5. The number of aromatic amines is 1. The molecule has 206 valence electrons. The third-order valence-corrected chi connectivity index (χ3v) is 6.89. The minimum Gasteiger partial charge on any atom is -0.496 e. The summed E-state index contributed by atoms with van der Waals surface area (Å²) in [6.45, 7) is 10.9. The summed E-state index contributed by atoms with van der Waals surface area (Å²) < 4.78 is 12.3. The van der Waals surface area contributed by atoms with Crippen LogP contribution in [-0.2, 0) is 29.2 Å². The minimum absolute atomic E-state index is 0.0372. The summed E-state index contributed by atoms with van der Waals surface area (Å²) in [6.07, 6.45) is 0. The normalized spacial score (nSPS) is 12.3. The molecule has 0 aliphatic heterocycles. The van der Waals surface area contributed by atoms with Gasteiger partial charge in [-0.1, -0.05) is 44.2 Å². The molecule has 10 heteroatoms. The number of nitrogens with zero attached hydrogens (tertiary/aromatic N) is 5. The Balaban J connectivity index is 1.81. The maximum absolute atomic E-state index is 13.4. The van der Waals surface area contributed by atoms with E-state index in [1.165, 1.54) is 4.68 Å². The molecule has 0 radical (unpaired) electrons. The number of hydrogen-bond acceptors (Lipinski definition) is 8. The van der Waals surface area contributed by atoms with E-state index >= 15 is 0 Å². The van der Waals surface area contributed by atoms with E-state index in [0.29, 0.717) is 24.5 Å². The number of H-pyrrole nitrogens is 1. The molecule has 2 aromatic heterocycles. The number of esters is 1. The molecule has 4 rings (SSSR count). The van der Waals surface area contributed by atoms with Crippen LogP contribution < -0.4 is 10.3 Å². The van der Waals surface area contributed by atoms with Gasteiger partial charge in [0.15, 0.2) is 5.82 Å². The quantitative estimate of drug-likeness (QED) is 0.287. The maximum Gasteiger partial charge on any atom is 0.327 e. The van der Waals surface area contributed by atoms with Crippen LogP contribution in [0.4, 0.5) is 0 Å². The van der Waals surface area contributed by atoms with E-state index in [0.717, 1.165) is 33.3 Å². The third-order valence-electron chi connectivity index (χ3n) is 6.89. The standard InChI is InChI=1S/C29H36N6O4/c1-7-39-25(36)17-35-28(31-32-33-35)27(18(2)3)34(15-21-10-8-9-11-24(21)38-6)16-22-14-23-19(4)12-13-20(5)26(23)30-29(22)37/h8-14,18,27H,7,15-17H2,1-6H3,(H,30,37). The zero-order valence-electron chi connectivity index (χ0n) is 23.4. The van der Waals surface area contributed by atoms with Crippen LogP contribution in [0.25, 0.3) is 10.9 Å². The molecule has 0 aliphatic carbocycles. The van der Waals surface area contributed by atoms with Gasteiger partial charge < -0.3 is 14.5 Å². The summed E-state index contributed by atoms with van der Waals surface area (Å²) >= 11 is 0. The first-order valence-electron chi connectivity index (χ1n) is 13.1. The van der Waals surface area contributed by atoms with Gasteiger partial charge in [-0.2, -0.15) is 0 Å². The van der Waals surface area contributed by atoms with Crippen molar-refractivity contribution in [2.24, 2.45) is 5.92 Å². The lowest BCUT2D eigenvalue weighted by atomic mass is 9.98. The van der Waals surface area contributed by atoms with Crippen molar-refractivity contribution >= 4 is 16.9 Å². The van der Waals surface area contributed by atoms with Crippen molar-refractivity contribution in [1.29, 1.82) is 0 Å². The van der Waals surface area contributed by atoms with Gasteiger partial charge in [-0.25, -0.2) is 4.68 Å². The molecular weight excluding hydrogens is 496 g/mol. The minimum atomic E-state index is -0.415. The first-order valence-corrected chi connectivity index (χ1v) is 13.1. The smallest absolute Gasteiger partial charge is 0.327 e. The van der Waals surface area contributed by atoms with E-state index < -0.39 is 5.97 Å². The second-order valence-corrected chi connectivity index (χ2v) is 10.0. The van der Waals surface area contributed by atoms with Gasteiger partial charge >= 0.3 is 5.97 Å². The van der Waals surface area contributed by atoms with Gasteiger partial charge in [0.1, 0.15) is 12.3 Å². The van der Waals surface area contributed by atoms with Gasteiger partial charge in [-0.05, 0) is 60.4 Å². The highest BCUT2D eigenvalue weighted by molar-refractivity contribution is 5.85. The van der Waals surface area contributed by atoms with Crippen LogP contribution in [0, 0.1) is 19.8 Å². The third kappa shape index (κ3) is 6.17. The molecule has 10 nitrogen and oxygen atoms in total. The number of para-hydroxylation sites is 1. The summed E-state index contributed by atoms with van der Waals surface area (Å²) in [5.74, 6) is 0.893. The first-order chi connectivity index (χ1) is 18.7. The fourth-order valence-electron chi connectivity index (χ4n) is 5.01. The molecule has 2 aromatic carbocycles. The highest BCUT2D eigenvalue weighted by Gasteiger charge is 2.31. The Labute approximate surface area is 227 Å². The zero-order chi connectivity index (χ0) is 28.1. The number of ether oxygens (including phenoxy) is 2. The predicted octanol–water partition coefficient (Wildman–Crippen LogP) is 4.10. The van der Waals surface area contributed by atoms with Crippen molar-refractivity contribution in [2.75, 3.05) is 13.7 Å².